The molecule has 0 radical (unpaired) electrons. The maximum absolute atomic E-state index is 11.2. The third-order valence-corrected chi connectivity index (χ3v) is 2.70. The molecule has 0 unspecified atom stereocenters. The average molecular weight is 253 g/mol. The van der Waals surface area contributed by atoms with Gasteiger partial charge in [0, 0.05) is 5.56 Å². The third kappa shape index (κ3) is 2.45. The smallest absolute Gasteiger partial charge is 0.246 e. The first-order valence-corrected chi connectivity index (χ1v) is 5.30. The minimum absolute atomic E-state index is 0.0753. The van der Waals surface area contributed by atoms with Crippen LogP contribution in [0.1, 0.15) is 10.4 Å². The minimum Gasteiger partial charge on any atom is -0.352 e. The topological polar surface area (TPSA) is 66.5 Å². The molecule has 0 aliphatic carbocycles. The van der Waals surface area contributed by atoms with Gasteiger partial charge in [0.2, 0.25) is 11.8 Å². The van der Waals surface area contributed by atoms with Gasteiger partial charge in [0.25, 0.3) is 0 Å². The van der Waals surface area contributed by atoms with Gasteiger partial charge in [0.15, 0.2) is 0 Å². The van der Waals surface area contributed by atoms with E-state index in [1.807, 2.05) is 0 Å². The van der Waals surface area contributed by atoms with E-state index >= 15 is 0 Å². The number of nitrogens with one attached hydrogen (secondary N) is 1. The first-order chi connectivity index (χ1) is 8.10. The van der Waals surface area contributed by atoms with Crippen LogP contribution in [0.2, 0.25) is 5.02 Å². The molecule has 1 aromatic carbocycles. The van der Waals surface area contributed by atoms with Crippen LogP contribution in [0.4, 0.5) is 5.69 Å². The summed E-state index contributed by atoms with van der Waals surface area (Å²) in [6.45, 7) is 0.151. The molecule has 1 aliphatic heterocycles. The second-order valence-electron chi connectivity index (χ2n) is 3.66. The van der Waals surface area contributed by atoms with Gasteiger partial charge in [-0.2, -0.15) is 0 Å². The molecular formula is C11H9ClN2O3. The third-order valence-electron chi connectivity index (χ3n) is 2.40. The summed E-state index contributed by atoms with van der Waals surface area (Å²) in [5.74, 6) is -0.728. The molecule has 1 heterocycles. The Labute approximate surface area is 102 Å². The molecule has 17 heavy (non-hydrogen) atoms. The fourth-order valence-electron chi connectivity index (χ4n) is 1.66. The molecule has 1 aliphatic rings. The highest BCUT2D eigenvalue weighted by atomic mass is 35.5. The number of anilines is 1. The second kappa shape index (κ2) is 4.55. The van der Waals surface area contributed by atoms with Gasteiger partial charge in [0.1, 0.15) is 6.29 Å². The highest BCUT2D eigenvalue weighted by Crippen LogP contribution is 2.26. The van der Waals surface area contributed by atoms with E-state index in [1.165, 1.54) is 6.07 Å². The lowest BCUT2D eigenvalue weighted by Gasteiger charge is -2.28. The number of carbonyl (C=O) groups excluding carboxylic acids is 3. The molecule has 1 fully saturated rings. The fraction of sp³-hybridized carbons (Fsp3) is 0.182. The van der Waals surface area contributed by atoms with E-state index in [-0.39, 0.29) is 24.9 Å². The van der Waals surface area contributed by atoms with Crippen molar-refractivity contribution in [3.05, 3.63) is 28.8 Å². The molecule has 5 nitrogen and oxygen atoms in total. The van der Waals surface area contributed by atoms with Crippen molar-refractivity contribution in [3.63, 3.8) is 0 Å². The van der Waals surface area contributed by atoms with Gasteiger partial charge in [-0.05, 0) is 18.2 Å². The molecular weight excluding hydrogens is 244 g/mol. The zero-order valence-electron chi connectivity index (χ0n) is 8.77. The normalized spacial score (nSPS) is 15.7. The molecule has 1 saturated heterocycles. The predicted octanol–water partition coefficient (Wildman–Crippen LogP) is 0.615. The Balaban J connectivity index is 2.30. The van der Waals surface area contributed by atoms with Crippen molar-refractivity contribution in [1.82, 2.24) is 5.32 Å². The number of carbonyl (C=O) groups is 3. The Kier molecular flexibility index (Phi) is 3.10. The standard InChI is InChI=1S/C11H9ClN2O3/c12-8-3-7(6-15)1-2-9(8)14-4-10(16)13-11(17)5-14/h1-3,6H,4-5H2,(H,13,16,17). The van der Waals surface area contributed by atoms with Crippen LogP contribution in [0.5, 0.6) is 0 Å². The summed E-state index contributed by atoms with van der Waals surface area (Å²) in [4.78, 5) is 34.6. The van der Waals surface area contributed by atoms with Crippen LogP contribution >= 0.6 is 11.6 Å². The number of rotatable bonds is 2. The van der Waals surface area contributed by atoms with Gasteiger partial charge in [-0.25, -0.2) is 0 Å². The first-order valence-electron chi connectivity index (χ1n) is 4.92. The Bertz CT molecular complexity index is 485. The van der Waals surface area contributed by atoms with Gasteiger partial charge < -0.3 is 4.90 Å². The van der Waals surface area contributed by atoms with Crippen LogP contribution in [0, 0.1) is 0 Å². The van der Waals surface area contributed by atoms with Crippen LogP contribution in [0.15, 0.2) is 18.2 Å². The number of piperazine rings is 1. The Morgan fingerprint density at radius 2 is 1.88 bits per heavy atom. The Hall–Kier alpha value is -1.88. The van der Waals surface area contributed by atoms with Crippen LogP contribution < -0.4 is 10.2 Å². The number of aldehydes is 1. The summed E-state index contributed by atoms with van der Waals surface area (Å²) in [6.07, 6.45) is 0.684. The van der Waals surface area contributed by atoms with Crippen molar-refractivity contribution in [2.24, 2.45) is 0 Å². The summed E-state index contributed by atoms with van der Waals surface area (Å²) in [5.41, 5.74) is 1.02. The number of nitrogens with zero attached hydrogens (tertiary/aromatic N) is 1. The van der Waals surface area contributed by atoms with Crippen molar-refractivity contribution in [2.45, 2.75) is 0 Å². The van der Waals surface area contributed by atoms with Crippen molar-refractivity contribution in [1.29, 1.82) is 0 Å². The van der Waals surface area contributed by atoms with E-state index in [1.54, 1.807) is 17.0 Å². The SMILES string of the molecule is O=Cc1ccc(N2CC(=O)NC(=O)C2)c(Cl)c1. The number of hydrogen-bond donors (Lipinski definition) is 1. The molecule has 1 N–H and O–H groups in total. The van der Waals surface area contributed by atoms with E-state index in [9.17, 15) is 14.4 Å². The molecule has 0 aromatic heterocycles. The molecule has 0 spiro atoms. The highest BCUT2D eigenvalue weighted by Gasteiger charge is 2.23. The summed E-state index contributed by atoms with van der Waals surface area (Å²) < 4.78 is 0. The van der Waals surface area contributed by atoms with E-state index in [0.717, 1.165) is 0 Å². The monoisotopic (exact) mass is 252 g/mol. The average Bonchev–Trinajstić information content (AvgIpc) is 2.27. The Morgan fingerprint density at radius 3 is 2.41 bits per heavy atom. The first kappa shape index (κ1) is 11.6. The maximum Gasteiger partial charge on any atom is 0.246 e. The van der Waals surface area contributed by atoms with E-state index in [2.05, 4.69) is 5.32 Å². The number of benzene rings is 1. The van der Waals surface area contributed by atoms with Crippen LogP contribution in [0.25, 0.3) is 0 Å². The van der Waals surface area contributed by atoms with Crippen molar-refractivity contribution in [2.75, 3.05) is 18.0 Å². The van der Waals surface area contributed by atoms with E-state index in [0.29, 0.717) is 22.6 Å². The summed E-state index contributed by atoms with van der Waals surface area (Å²) in [5, 5.41) is 2.55. The zero-order chi connectivity index (χ0) is 12.4. The molecule has 0 saturated carbocycles. The van der Waals surface area contributed by atoms with Crippen LogP contribution in [-0.4, -0.2) is 31.2 Å². The largest absolute Gasteiger partial charge is 0.352 e. The maximum atomic E-state index is 11.2. The summed E-state index contributed by atoms with van der Waals surface area (Å²) in [7, 11) is 0. The van der Waals surface area contributed by atoms with Gasteiger partial charge in [-0.15, -0.1) is 0 Å². The second-order valence-corrected chi connectivity index (χ2v) is 4.06. The minimum atomic E-state index is -0.364. The number of halogens is 1. The van der Waals surface area contributed by atoms with Gasteiger partial charge in [-0.3, -0.25) is 19.7 Å². The van der Waals surface area contributed by atoms with Gasteiger partial charge in [-0.1, -0.05) is 11.6 Å². The van der Waals surface area contributed by atoms with Crippen molar-refractivity contribution >= 4 is 35.4 Å². The van der Waals surface area contributed by atoms with Crippen LogP contribution in [0.3, 0.4) is 0 Å². The lowest BCUT2D eigenvalue weighted by atomic mass is 10.2. The van der Waals surface area contributed by atoms with Crippen molar-refractivity contribution in [3.8, 4) is 0 Å². The summed E-state index contributed by atoms with van der Waals surface area (Å²) >= 11 is 5.99. The highest BCUT2D eigenvalue weighted by molar-refractivity contribution is 6.33. The van der Waals surface area contributed by atoms with E-state index in [4.69, 9.17) is 11.6 Å². The number of amides is 2. The molecule has 0 bridgehead atoms. The van der Waals surface area contributed by atoms with E-state index < -0.39 is 0 Å². The molecule has 2 amide bonds. The number of hydrogen-bond acceptors (Lipinski definition) is 4. The molecule has 0 atom stereocenters. The molecule has 1 aromatic rings. The zero-order valence-corrected chi connectivity index (χ0v) is 9.53. The molecule has 88 valence electrons. The lowest BCUT2D eigenvalue weighted by Crippen LogP contribution is -2.51. The van der Waals surface area contributed by atoms with Gasteiger partial charge >= 0.3 is 0 Å². The molecule has 2 rings (SSSR count). The number of imide groups is 1. The van der Waals surface area contributed by atoms with Crippen molar-refractivity contribution < 1.29 is 14.4 Å². The van der Waals surface area contributed by atoms with Gasteiger partial charge in [0.05, 0.1) is 23.8 Å². The quantitative estimate of drug-likeness (QED) is 0.619. The Morgan fingerprint density at radius 1 is 1.24 bits per heavy atom. The van der Waals surface area contributed by atoms with Crippen LogP contribution in [-0.2, 0) is 9.59 Å². The predicted molar refractivity (Wildman–Crippen MR) is 62.2 cm³/mol. The lowest BCUT2D eigenvalue weighted by molar-refractivity contribution is -0.130. The summed E-state index contributed by atoms with van der Waals surface area (Å²) in [6, 6.07) is 4.71. The fourth-order valence-corrected chi connectivity index (χ4v) is 1.97. The molecule has 6 heteroatoms.